The van der Waals surface area contributed by atoms with Gasteiger partial charge in [0.1, 0.15) is 0 Å². The van der Waals surface area contributed by atoms with Crippen LogP contribution in [0.15, 0.2) is 24.3 Å². The molecule has 0 aliphatic rings. The molecule has 0 unspecified atom stereocenters. The topological polar surface area (TPSA) is 38.3 Å². The van der Waals surface area contributed by atoms with Crippen molar-refractivity contribution >= 4 is 35.2 Å². The molecule has 0 radical (unpaired) electrons. The molecular weight excluding hydrogens is 297 g/mol. The second-order valence-corrected chi connectivity index (χ2v) is 5.41. The van der Waals surface area contributed by atoms with E-state index in [4.69, 9.17) is 27.9 Å². The lowest BCUT2D eigenvalue weighted by molar-refractivity contribution is -0.116. The van der Waals surface area contributed by atoms with Crippen LogP contribution in [-0.2, 0) is 9.53 Å². The van der Waals surface area contributed by atoms with Gasteiger partial charge in [0.05, 0.1) is 6.10 Å². The van der Waals surface area contributed by atoms with Crippen LogP contribution in [-0.4, -0.2) is 25.2 Å². The number of hydrogen-bond donors (Lipinski definition) is 1. The second kappa shape index (κ2) is 9.01. The Morgan fingerprint density at radius 1 is 1.40 bits per heavy atom. The third-order valence-electron chi connectivity index (χ3n) is 2.45. The first-order valence-electron chi connectivity index (χ1n) is 6.51. The van der Waals surface area contributed by atoms with E-state index in [1.54, 1.807) is 24.3 Å². The summed E-state index contributed by atoms with van der Waals surface area (Å²) in [6, 6.07) is 5.14. The number of benzene rings is 1. The van der Waals surface area contributed by atoms with Crippen LogP contribution in [0.25, 0.3) is 6.08 Å². The predicted molar refractivity (Wildman–Crippen MR) is 84.2 cm³/mol. The van der Waals surface area contributed by atoms with Crippen molar-refractivity contribution in [1.82, 2.24) is 5.32 Å². The standard InChI is InChI=1S/C15H19Cl2NO2/c1-11(2)20-9-3-8-18-15(19)7-5-12-4-6-13(16)10-14(12)17/h4-7,10-11H,3,8-9H2,1-2H3,(H,18,19)/b7-5+. The Hall–Kier alpha value is -1.03. The molecule has 0 aliphatic heterocycles. The smallest absolute Gasteiger partial charge is 0.244 e. The van der Waals surface area contributed by atoms with Crippen molar-refractivity contribution in [3.8, 4) is 0 Å². The highest BCUT2D eigenvalue weighted by molar-refractivity contribution is 6.35. The maximum absolute atomic E-state index is 11.6. The van der Waals surface area contributed by atoms with E-state index in [9.17, 15) is 4.79 Å². The first-order chi connectivity index (χ1) is 9.49. The summed E-state index contributed by atoms with van der Waals surface area (Å²) in [6.45, 7) is 5.20. The fourth-order valence-corrected chi connectivity index (χ4v) is 1.94. The van der Waals surface area contributed by atoms with Gasteiger partial charge < -0.3 is 10.1 Å². The third-order valence-corrected chi connectivity index (χ3v) is 3.01. The molecule has 1 rings (SSSR count). The van der Waals surface area contributed by atoms with Gasteiger partial charge in [-0.15, -0.1) is 0 Å². The molecule has 0 saturated heterocycles. The first kappa shape index (κ1) is 17.0. The lowest BCUT2D eigenvalue weighted by Gasteiger charge is -2.07. The molecule has 1 N–H and O–H groups in total. The van der Waals surface area contributed by atoms with Gasteiger partial charge in [-0.3, -0.25) is 4.79 Å². The number of hydrogen-bond acceptors (Lipinski definition) is 2. The van der Waals surface area contributed by atoms with Gasteiger partial charge >= 0.3 is 0 Å². The molecule has 0 aliphatic carbocycles. The number of ether oxygens (including phenoxy) is 1. The molecule has 0 atom stereocenters. The van der Waals surface area contributed by atoms with Crippen molar-refractivity contribution in [1.29, 1.82) is 0 Å². The average Bonchev–Trinajstić information content (AvgIpc) is 2.37. The number of carbonyl (C=O) groups is 1. The first-order valence-corrected chi connectivity index (χ1v) is 7.27. The number of halogens is 2. The molecule has 20 heavy (non-hydrogen) atoms. The highest BCUT2D eigenvalue weighted by atomic mass is 35.5. The molecule has 0 fully saturated rings. The summed E-state index contributed by atoms with van der Waals surface area (Å²) < 4.78 is 5.38. The van der Waals surface area contributed by atoms with E-state index < -0.39 is 0 Å². The van der Waals surface area contributed by atoms with E-state index in [1.165, 1.54) is 6.08 Å². The zero-order valence-corrected chi connectivity index (χ0v) is 13.2. The quantitative estimate of drug-likeness (QED) is 0.611. The predicted octanol–water partition coefficient (Wildman–Crippen LogP) is 3.94. The number of rotatable bonds is 7. The van der Waals surface area contributed by atoms with Crippen molar-refractivity contribution in [2.75, 3.05) is 13.2 Å². The summed E-state index contributed by atoms with van der Waals surface area (Å²) in [7, 11) is 0. The monoisotopic (exact) mass is 315 g/mol. The number of carbonyl (C=O) groups excluding carboxylic acids is 1. The zero-order chi connectivity index (χ0) is 15.0. The Morgan fingerprint density at radius 3 is 2.80 bits per heavy atom. The van der Waals surface area contributed by atoms with Crippen molar-refractivity contribution in [3.05, 3.63) is 39.9 Å². The van der Waals surface area contributed by atoms with Crippen LogP contribution in [0.4, 0.5) is 0 Å². The molecule has 1 aromatic rings. The van der Waals surface area contributed by atoms with E-state index in [-0.39, 0.29) is 12.0 Å². The van der Waals surface area contributed by atoms with Gasteiger partial charge in [-0.25, -0.2) is 0 Å². The molecule has 0 saturated carbocycles. The molecule has 5 heteroatoms. The summed E-state index contributed by atoms with van der Waals surface area (Å²) in [4.78, 5) is 11.6. The maximum atomic E-state index is 11.6. The summed E-state index contributed by atoms with van der Waals surface area (Å²) in [6.07, 6.45) is 4.13. The average molecular weight is 316 g/mol. The largest absolute Gasteiger partial charge is 0.379 e. The molecule has 1 aromatic carbocycles. The minimum atomic E-state index is -0.152. The highest BCUT2D eigenvalue weighted by Gasteiger charge is 1.99. The van der Waals surface area contributed by atoms with Crippen molar-refractivity contribution in [2.24, 2.45) is 0 Å². The van der Waals surface area contributed by atoms with Gasteiger partial charge in [-0.1, -0.05) is 29.3 Å². The van der Waals surface area contributed by atoms with Crippen molar-refractivity contribution < 1.29 is 9.53 Å². The Morgan fingerprint density at radius 2 is 2.15 bits per heavy atom. The van der Waals surface area contributed by atoms with Crippen molar-refractivity contribution in [3.63, 3.8) is 0 Å². The summed E-state index contributed by atoms with van der Waals surface area (Å²) in [5.74, 6) is -0.152. The number of amides is 1. The molecule has 0 spiro atoms. The Kier molecular flexibility index (Phi) is 7.67. The lowest BCUT2D eigenvalue weighted by Crippen LogP contribution is -2.23. The van der Waals surface area contributed by atoms with Gasteiger partial charge in [0, 0.05) is 29.3 Å². The van der Waals surface area contributed by atoms with Crippen LogP contribution in [0.2, 0.25) is 10.0 Å². The normalized spacial score (nSPS) is 11.2. The second-order valence-electron chi connectivity index (χ2n) is 4.56. The maximum Gasteiger partial charge on any atom is 0.244 e. The van der Waals surface area contributed by atoms with Gasteiger partial charge in [-0.05, 0) is 44.0 Å². The molecule has 3 nitrogen and oxygen atoms in total. The minimum Gasteiger partial charge on any atom is -0.379 e. The molecule has 1 amide bonds. The third kappa shape index (κ3) is 6.94. The SMILES string of the molecule is CC(C)OCCCNC(=O)/C=C/c1ccc(Cl)cc1Cl. The molecule has 0 aromatic heterocycles. The highest BCUT2D eigenvalue weighted by Crippen LogP contribution is 2.21. The summed E-state index contributed by atoms with van der Waals surface area (Å²) in [5.41, 5.74) is 0.759. The summed E-state index contributed by atoms with van der Waals surface area (Å²) >= 11 is 11.8. The van der Waals surface area contributed by atoms with Crippen LogP contribution in [0, 0.1) is 0 Å². The van der Waals surface area contributed by atoms with Crippen LogP contribution >= 0.6 is 23.2 Å². The van der Waals surface area contributed by atoms with Gasteiger partial charge in [-0.2, -0.15) is 0 Å². The van der Waals surface area contributed by atoms with E-state index in [0.717, 1.165) is 12.0 Å². The van der Waals surface area contributed by atoms with Gasteiger partial charge in [0.25, 0.3) is 0 Å². The minimum absolute atomic E-state index is 0.152. The molecular formula is C15H19Cl2NO2. The van der Waals surface area contributed by atoms with Crippen LogP contribution in [0.1, 0.15) is 25.8 Å². The molecule has 110 valence electrons. The van der Waals surface area contributed by atoms with E-state index >= 15 is 0 Å². The van der Waals surface area contributed by atoms with E-state index in [0.29, 0.717) is 23.2 Å². The van der Waals surface area contributed by atoms with E-state index in [1.807, 2.05) is 13.8 Å². The van der Waals surface area contributed by atoms with Gasteiger partial charge in [0.15, 0.2) is 0 Å². The number of nitrogens with one attached hydrogen (secondary N) is 1. The van der Waals surface area contributed by atoms with Crippen molar-refractivity contribution in [2.45, 2.75) is 26.4 Å². The van der Waals surface area contributed by atoms with Crippen LogP contribution in [0.3, 0.4) is 0 Å². The Bertz CT molecular complexity index is 473. The lowest BCUT2D eigenvalue weighted by atomic mass is 10.2. The summed E-state index contributed by atoms with van der Waals surface area (Å²) in [5, 5.41) is 3.87. The van der Waals surface area contributed by atoms with Gasteiger partial charge in [0.2, 0.25) is 5.91 Å². The fraction of sp³-hybridized carbons (Fsp3) is 0.400. The Balaban J connectivity index is 2.33. The van der Waals surface area contributed by atoms with Crippen LogP contribution in [0.5, 0.6) is 0 Å². The Labute approximate surface area is 129 Å². The fourth-order valence-electron chi connectivity index (χ4n) is 1.46. The van der Waals surface area contributed by atoms with E-state index in [2.05, 4.69) is 5.32 Å². The molecule has 0 heterocycles. The molecule has 0 bridgehead atoms. The zero-order valence-electron chi connectivity index (χ0n) is 11.7. The van der Waals surface area contributed by atoms with Crippen LogP contribution < -0.4 is 5.32 Å².